The molecule has 0 radical (unpaired) electrons. The van der Waals surface area contributed by atoms with Gasteiger partial charge in [-0.25, -0.2) is 4.79 Å². The molecule has 0 spiro atoms. The predicted octanol–water partition coefficient (Wildman–Crippen LogP) is 3.77. The molecule has 0 aliphatic heterocycles. The Kier molecular flexibility index (Phi) is 4.91. The zero-order valence-corrected chi connectivity index (χ0v) is 16.1. The second kappa shape index (κ2) is 7.05. The van der Waals surface area contributed by atoms with Gasteiger partial charge in [0.2, 0.25) is 0 Å². The van der Waals surface area contributed by atoms with Crippen LogP contribution in [0.15, 0.2) is 0 Å². The van der Waals surface area contributed by atoms with E-state index in [2.05, 4.69) is 10.6 Å². The van der Waals surface area contributed by atoms with Crippen molar-refractivity contribution in [3.63, 3.8) is 0 Å². The number of carbonyl (C=O) groups is 2. The number of amides is 2. The predicted molar refractivity (Wildman–Crippen MR) is 99.6 cm³/mol. The standard InChI is InChI=1S/C21H34N2O3/c1-26-18(24)13-20(5-3-2-4-6-20)14-22-19(25)23-21-10-15-7-16(11-21)9-17(8-15)12-21/h15-17H,2-14H2,1H3,(H2,22,23,25). The maximum Gasteiger partial charge on any atom is 0.315 e. The second-order valence-corrected chi connectivity index (χ2v) is 9.82. The van der Waals surface area contributed by atoms with Crippen molar-refractivity contribution >= 4 is 12.0 Å². The van der Waals surface area contributed by atoms with Crippen molar-refractivity contribution in [2.24, 2.45) is 23.2 Å². The number of carbonyl (C=O) groups excluding carboxylic acids is 2. The lowest BCUT2D eigenvalue weighted by Gasteiger charge is -2.56. The van der Waals surface area contributed by atoms with Crippen molar-refractivity contribution in [1.82, 2.24) is 10.6 Å². The zero-order chi connectivity index (χ0) is 18.2. The highest BCUT2D eigenvalue weighted by Gasteiger charge is 2.51. The van der Waals surface area contributed by atoms with Gasteiger partial charge in [-0.15, -0.1) is 0 Å². The van der Waals surface area contributed by atoms with Gasteiger partial charge >= 0.3 is 12.0 Å². The Balaban J connectivity index is 1.34. The third-order valence-corrected chi connectivity index (χ3v) is 7.70. The van der Waals surface area contributed by atoms with Gasteiger partial charge in [0, 0.05) is 12.1 Å². The monoisotopic (exact) mass is 362 g/mol. The lowest BCUT2D eigenvalue weighted by Crippen LogP contribution is -2.62. The molecular weight excluding hydrogens is 328 g/mol. The van der Waals surface area contributed by atoms with Crippen LogP contribution in [0, 0.1) is 23.2 Å². The molecule has 146 valence electrons. The number of hydrogen-bond acceptors (Lipinski definition) is 3. The summed E-state index contributed by atoms with van der Waals surface area (Å²) in [6.45, 7) is 0.584. The van der Waals surface area contributed by atoms with Crippen molar-refractivity contribution in [2.45, 2.75) is 82.6 Å². The summed E-state index contributed by atoms with van der Waals surface area (Å²) < 4.78 is 4.91. The minimum Gasteiger partial charge on any atom is -0.469 e. The van der Waals surface area contributed by atoms with Crippen molar-refractivity contribution in [3.8, 4) is 0 Å². The summed E-state index contributed by atoms with van der Waals surface area (Å²) in [5.74, 6) is 2.32. The average Bonchev–Trinajstić information content (AvgIpc) is 2.59. The number of hydrogen-bond donors (Lipinski definition) is 2. The van der Waals surface area contributed by atoms with Crippen LogP contribution >= 0.6 is 0 Å². The summed E-state index contributed by atoms with van der Waals surface area (Å²) in [5, 5.41) is 6.52. The average molecular weight is 363 g/mol. The number of rotatable bonds is 5. The van der Waals surface area contributed by atoms with E-state index in [9.17, 15) is 9.59 Å². The first kappa shape index (κ1) is 18.1. The fourth-order valence-electron chi connectivity index (χ4n) is 6.91. The van der Waals surface area contributed by atoms with Crippen LogP contribution in [0.25, 0.3) is 0 Å². The van der Waals surface area contributed by atoms with Gasteiger partial charge in [-0.3, -0.25) is 4.79 Å². The third-order valence-electron chi connectivity index (χ3n) is 7.70. The van der Waals surface area contributed by atoms with Crippen LogP contribution in [0.4, 0.5) is 4.79 Å². The molecule has 5 saturated carbocycles. The van der Waals surface area contributed by atoms with Gasteiger partial charge in [-0.05, 0) is 74.5 Å². The molecule has 5 rings (SSSR count). The van der Waals surface area contributed by atoms with Crippen molar-refractivity contribution < 1.29 is 14.3 Å². The summed E-state index contributed by atoms with van der Waals surface area (Å²) in [5.41, 5.74) is -0.0783. The van der Waals surface area contributed by atoms with Crippen LogP contribution in [0.3, 0.4) is 0 Å². The Morgan fingerprint density at radius 2 is 1.54 bits per heavy atom. The molecule has 5 nitrogen and oxygen atoms in total. The van der Waals surface area contributed by atoms with E-state index in [1.54, 1.807) is 0 Å². The number of ether oxygens (including phenoxy) is 1. The molecule has 0 unspecified atom stereocenters. The molecule has 2 amide bonds. The Labute approximate surface area is 157 Å². The molecule has 5 aliphatic carbocycles. The summed E-state index contributed by atoms with van der Waals surface area (Å²) in [6.07, 6.45) is 13.5. The molecule has 26 heavy (non-hydrogen) atoms. The molecular formula is C21H34N2O3. The van der Waals surface area contributed by atoms with E-state index in [0.717, 1.165) is 43.4 Å². The van der Waals surface area contributed by atoms with Crippen molar-refractivity contribution in [2.75, 3.05) is 13.7 Å². The van der Waals surface area contributed by atoms with E-state index in [-0.39, 0.29) is 23.0 Å². The molecule has 0 aromatic carbocycles. The maximum absolute atomic E-state index is 12.7. The Bertz CT molecular complexity index is 518. The lowest BCUT2D eigenvalue weighted by molar-refractivity contribution is -0.144. The SMILES string of the molecule is COC(=O)CC1(CNC(=O)NC23CC4CC(CC(C4)C2)C3)CCCCC1. The van der Waals surface area contributed by atoms with E-state index < -0.39 is 0 Å². The molecule has 0 heterocycles. The van der Waals surface area contributed by atoms with Crippen LogP contribution in [-0.2, 0) is 9.53 Å². The Hall–Kier alpha value is -1.26. The summed E-state index contributed by atoms with van der Waals surface area (Å²) in [7, 11) is 1.45. The molecule has 0 atom stereocenters. The summed E-state index contributed by atoms with van der Waals surface area (Å²) in [6, 6.07) is -0.0261. The first-order valence-corrected chi connectivity index (χ1v) is 10.6. The van der Waals surface area contributed by atoms with E-state index in [4.69, 9.17) is 4.74 Å². The van der Waals surface area contributed by atoms with Gasteiger partial charge in [-0.2, -0.15) is 0 Å². The fraction of sp³-hybridized carbons (Fsp3) is 0.905. The van der Waals surface area contributed by atoms with Crippen LogP contribution in [0.2, 0.25) is 0 Å². The molecule has 0 aromatic heterocycles. The normalized spacial score (nSPS) is 37.2. The number of methoxy groups -OCH3 is 1. The van der Waals surface area contributed by atoms with Gasteiger partial charge in [0.1, 0.15) is 0 Å². The zero-order valence-electron chi connectivity index (χ0n) is 16.1. The summed E-state index contributed by atoms with van der Waals surface area (Å²) in [4.78, 5) is 24.6. The quantitative estimate of drug-likeness (QED) is 0.732. The van der Waals surface area contributed by atoms with Crippen molar-refractivity contribution in [3.05, 3.63) is 0 Å². The highest BCUT2D eigenvalue weighted by atomic mass is 16.5. The van der Waals surface area contributed by atoms with Gasteiger partial charge in [0.15, 0.2) is 0 Å². The van der Waals surface area contributed by atoms with Crippen LogP contribution < -0.4 is 10.6 Å². The van der Waals surface area contributed by atoms with Gasteiger partial charge in [-0.1, -0.05) is 19.3 Å². The fourth-order valence-corrected chi connectivity index (χ4v) is 6.91. The summed E-state index contributed by atoms with van der Waals surface area (Å²) >= 11 is 0. The van der Waals surface area contributed by atoms with E-state index >= 15 is 0 Å². The highest BCUT2D eigenvalue weighted by molar-refractivity contribution is 5.75. The number of urea groups is 1. The van der Waals surface area contributed by atoms with Crippen molar-refractivity contribution in [1.29, 1.82) is 0 Å². The van der Waals surface area contributed by atoms with E-state index in [1.165, 1.54) is 52.1 Å². The van der Waals surface area contributed by atoms with E-state index in [1.807, 2.05) is 0 Å². The largest absolute Gasteiger partial charge is 0.469 e. The van der Waals surface area contributed by atoms with Crippen LogP contribution in [0.5, 0.6) is 0 Å². The molecule has 5 heteroatoms. The minimum absolute atomic E-state index is 0.0261. The minimum atomic E-state index is -0.157. The molecule has 0 aromatic rings. The topological polar surface area (TPSA) is 67.4 Å². The number of nitrogens with one attached hydrogen (secondary N) is 2. The van der Waals surface area contributed by atoms with Crippen LogP contribution in [-0.4, -0.2) is 31.2 Å². The Morgan fingerprint density at radius 1 is 0.962 bits per heavy atom. The molecule has 5 aliphatic rings. The third kappa shape index (κ3) is 3.72. The molecule has 4 bridgehead atoms. The number of esters is 1. The van der Waals surface area contributed by atoms with Gasteiger partial charge in [0.05, 0.1) is 13.5 Å². The van der Waals surface area contributed by atoms with Gasteiger partial charge < -0.3 is 15.4 Å². The smallest absolute Gasteiger partial charge is 0.315 e. The van der Waals surface area contributed by atoms with Gasteiger partial charge in [0.25, 0.3) is 0 Å². The first-order valence-electron chi connectivity index (χ1n) is 10.6. The van der Waals surface area contributed by atoms with Crippen LogP contribution in [0.1, 0.15) is 77.0 Å². The lowest BCUT2D eigenvalue weighted by atomic mass is 9.53. The second-order valence-electron chi connectivity index (χ2n) is 9.82. The molecule has 2 N–H and O–H groups in total. The van der Waals surface area contributed by atoms with E-state index in [0.29, 0.717) is 13.0 Å². The molecule has 5 fully saturated rings. The Morgan fingerprint density at radius 3 is 2.08 bits per heavy atom. The molecule has 0 saturated heterocycles. The maximum atomic E-state index is 12.7. The highest BCUT2D eigenvalue weighted by Crippen LogP contribution is 2.55. The first-order chi connectivity index (χ1) is 12.5.